The molecule has 92 valence electrons. The van der Waals surface area contributed by atoms with Gasteiger partial charge >= 0.3 is 0 Å². The maximum absolute atomic E-state index is 11.8. The van der Waals surface area contributed by atoms with Crippen LogP contribution in [0.2, 0.25) is 5.02 Å². The highest BCUT2D eigenvalue weighted by Gasteiger charge is 2.29. The second-order valence-electron chi connectivity index (χ2n) is 4.54. The van der Waals surface area contributed by atoms with E-state index in [-0.39, 0.29) is 18.0 Å². The molecule has 0 aliphatic carbocycles. The van der Waals surface area contributed by atoms with E-state index in [0.29, 0.717) is 0 Å². The van der Waals surface area contributed by atoms with Gasteiger partial charge in [0.05, 0.1) is 6.04 Å². The van der Waals surface area contributed by atoms with Crippen LogP contribution in [0.5, 0.6) is 0 Å². The quantitative estimate of drug-likeness (QED) is 0.895. The van der Waals surface area contributed by atoms with Gasteiger partial charge in [0.15, 0.2) is 0 Å². The number of rotatable bonds is 3. The summed E-state index contributed by atoms with van der Waals surface area (Å²) in [5, 5.41) is 4.09. The van der Waals surface area contributed by atoms with Gasteiger partial charge in [-0.3, -0.25) is 10.1 Å². The molecule has 17 heavy (non-hydrogen) atoms. The van der Waals surface area contributed by atoms with Crippen molar-refractivity contribution in [3.8, 4) is 0 Å². The van der Waals surface area contributed by atoms with Crippen molar-refractivity contribution in [2.24, 2.45) is 0 Å². The van der Waals surface area contributed by atoms with Gasteiger partial charge in [0.1, 0.15) is 0 Å². The largest absolute Gasteiger partial charge is 0.344 e. The smallest absolute Gasteiger partial charge is 0.239 e. The molecule has 1 heterocycles. The Hall–Kier alpha value is -1.06. The Kier molecular flexibility index (Phi) is 3.69. The van der Waals surface area contributed by atoms with Gasteiger partial charge in [-0.1, -0.05) is 23.7 Å². The lowest BCUT2D eigenvalue weighted by molar-refractivity contribution is -0.128. The average molecular weight is 253 g/mol. The van der Waals surface area contributed by atoms with Gasteiger partial charge in [-0.25, -0.2) is 0 Å². The molecule has 0 saturated carbocycles. The Morgan fingerprint density at radius 2 is 2.06 bits per heavy atom. The maximum Gasteiger partial charge on any atom is 0.239 e. The zero-order valence-electron chi connectivity index (χ0n) is 10.1. The molecular formula is C13H17ClN2O. The molecule has 4 heteroatoms. The lowest BCUT2D eigenvalue weighted by Gasteiger charge is -2.18. The van der Waals surface area contributed by atoms with Gasteiger partial charge in [0, 0.05) is 24.7 Å². The summed E-state index contributed by atoms with van der Waals surface area (Å²) >= 11 is 5.85. The summed E-state index contributed by atoms with van der Waals surface area (Å²) in [4.78, 5) is 13.5. The van der Waals surface area contributed by atoms with E-state index in [9.17, 15) is 4.79 Å². The van der Waals surface area contributed by atoms with E-state index in [2.05, 4.69) is 12.2 Å². The minimum Gasteiger partial charge on any atom is -0.344 e. The molecule has 0 bridgehead atoms. The summed E-state index contributed by atoms with van der Waals surface area (Å²) in [6.07, 6.45) is 0.882. The predicted octanol–water partition coefficient (Wildman–Crippen LogP) is 2.22. The Morgan fingerprint density at radius 3 is 2.59 bits per heavy atom. The highest BCUT2D eigenvalue weighted by Crippen LogP contribution is 2.19. The van der Waals surface area contributed by atoms with Gasteiger partial charge in [-0.05, 0) is 31.0 Å². The molecule has 1 aromatic rings. The van der Waals surface area contributed by atoms with E-state index in [1.807, 2.05) is 31.3 Å². The number of nitrogens with one attached hydrogen (secondary N) is 1. The Morgan fingerprint density at radius 1 is 1.41 bits per heavy atom. The standard InChI is InChI=1S/C13H17ClN2O/c1-9(10-3-5-11(14)6-4-10)15-12-7-8-16(2)13(12)17/h3-6,9,12,15H,7-8H2,1-2H3/t9-,12?/m0/s1. The second kappa shape index (κ2) is 5.07. The normalized spacial score (nSPS) is 21.9. The van der Waals surface area contributed by atoms with Gasteiger partial charge in [-0.2, -0.15) is 0 Å². The lowest BCUT2D eigenvalue weighted by atomic mass is 10.1. The van der Waals surface area contributed by atoms with Crippen molar-refractivity contribution in [3.63, 3.8) is 0 Å². The zero-order chi connectivity index (χ0) is 12.4. The highest BCUT2D eigenvalue weighted by atomic mass is 35.5. The van der Waals surface area contributed by atoms with E-state index in [1.165, 1.54) is 0 Å². The van der Waals surface area contributed by atoms with Crippen LogP contribution in [0.4, 0.5) is 0 Å². The first kappa shape index (κ1) is 12.4. The Labute approximate surface area is 107 Å². The molecule has 0 aromatic heterocycles. The molecule has 1 aromatic carbocycles. The molecule has 3 nitrogen and oxygen atoms in total. The van der Waals surface area contributed by atoms with Crippen LogP contribution in [0.15, 0.2) is 24.3 Å². The number of hydrogen-bond donors (Lipinski definition) is 1. The van der Waals surface area contributed by atoms with E-state index < -0.39 is 0 Å². The number of nitrogens with zero attached hydrogens (tertiary/aromatic N) is 1. The van der Waals surface area contributed by atoms with Crippen LogP contribution in [0.3, 0.4) is 0 Å². The molecular weight excluding hydrogens is 236 g/mol. The Balaban J connectivity index is 1.99. The summed E-state index contributed by atoms with van der Waals surface area (Å²) < 4.78 is 0. The number of hydrogen-bond acceptors (Lipinski definition) is 2. The van der Waals surface area contributed by atoms with Crippen LogP contribution in [-0.4, -0.2) is 30.4 Å². The van der Waals surface area contributed by atoms with Gasteiger partial charge in [0.25, 0.3) is 0 Å². The molecule has 2 rings (SSSR count). The second-order valence-corrected chi connectivity index (χ2v) is 4.98. The van der Waals surface area contributed by atoms with Crippen LogP contribution in [0.1, 0.15) is 24.9 Å². The van der Waals surface area contributed by atoms with Crippen LogP contribution in [0.25, 0.3) is 0 Å². The van der Waals surface area contributed by atoms with Crippen LogP contribution < -0.4 is 5.32 Å². The van der Waals surface area contributed by atoms with E-state index in [4.69, 9.17) is 11.6 Å². The first-order chi connectivity index (χ1) is 8.08. The Bertz CT molecular complexity index is 404. The number of halogens is 1. The SMILES string of the molecule is C[C@H](NC1CCN(C)C1=O)c1ccc(Cl)cc1. The number of likely N-dealkylation sites (N-methyl/N-ethyl adjacent to an activating group) is 1. The maximum atomic E-state index is 11.8. The van der Waals surface area contributed by atoms with E-state index >= 15 is 0 Å². The highest BCUT2D eigenvalue weighted by molar-refractivity contribution is 6.30. The fraction of sp³-hybridized carbons (Fsp3) is 0.462. The topological polar surface area (TPSA) is 32.3 Å². The number of benzene rings is 1. The first-order valence-electron chi connectivity index (χ1n) is 5.84. The van der Waals surface area contributed by atoms with E-state index in [0.717, 1.165) is 23.6 Å². The fourth-order valence-corrected chi connectivity index (χ4v) is 2.25. The molecule has 1 unspecified atom stereocenters. The van der Waals surface area contributed by atoms with Crippen molar-refractivity contribution in [1.82, 2.24) is 10.2 Å². The van der Waals surface area contributed by atoms with Crippen molar-refractivity contribution in [2.75, 3.05) is 13.6 Å². The summed E-state index contributed by atoms with van der Waals surface area (Å²) in [6, 6.07) is 7.83. The molecule has 1 amide bonds. The summed E-state index contributed by atoms with van der Waals surface area (Å²) in [7, 11) is 1.84. The summed E-state index contributed by atoms with van der Waals surface area (Å²) in [5.74, 6) is 0.186. The minimum absolute atomic E-state index is 0.0503. The summed E-state index contributed by atoms with van der Waals surface area (Å²) in [5.41, 5.74) is 1.15. The number of carbonyl (C=O) groups excluding carboxylic acids is 1. The van der Waals surface area contributed by atoms with Crippen LogP contribution >= 0.6 is 11.6 Å². The van der Waals surface area contributed by atoms with Gasteiger partial charge < -0.3 is 4.90 Å². The molecule has 1 N–H and O–H groups in total. The molecule has 1 saturated heterocycles. The third kappa shape index (κ3) is 2.79. The number of likely N-dealkylation sites (tertiary alicyclic amines) is 1. The number of amides is 1. The average Bonchev–Trinajstić information content (AvgIpc) is 2.62. The van der Waals surface area contributed by atoms with Crippen molar-refractivity contribution < 1.29 is 4.79 Å². The molecule has 0 radical (unpaired) electrons. The first-order valence-corrected chi connectivity index (χ1v) is 6.22. The van der Waals surface area contributed by atoms with Crippen molar-refractivity contribution in [2.45, 2.75) is 25.4 Å². The van der Waals surface area contributed by atoms with Crippen LogP contribution in [-0.2, 0) is 4.79 Å². The zero-order valence-corrected chi connectivity index (χ0v) is 10.9. The third-order valence-electron chi connectivity index (χ3n) is 3.25. The molecule has 2 atom stereocenters. The third-order valence-corrected chi connectivity index (χ3v) is 3.50. The summed E-state index contributed by atoms with van der Waals surface area (Å²) in [6.45, 7) is 2.90. The fourth-order valence-electron chi connectivity index (χ4n) is 2.13. The number of carbonyl (C=O) groups is 1. The van der Waals surface area contributed by atoms with E-state index in [1.54, 1.807) is 4.90 Å². The predicted molar refractivity (Wildman–Crippen MR) is 69.0 cm³/mol. The van der Waals surface area contributed by atoms with Gasteiger partial charge in [0.2, 0.25) is 5.91 Å². The monoisotopic (exact) mass is 252 g/mol. The van der Waals surface area contributed by atoms with Crippen molar-refractivity contribution >= 4 is 17.5 Å². The molecule has 1 aliphatic rings. The van der Waals surface area contributed by atoms with Crippen molar-refractivity contribution in [1.29, 1.82) is 0 Å². The van der Waals surface area contributed by atoms with Crippen LogP contribution in [0, 0.1) is 0 Å². The molecule has 0 spiro atoms. The minimum atomic E-state index is -0.0503. The van der Waals surface area contributed by atoms with Gasteiger partial charge in [-0.15, -0.1) is 0 Å². The lowest BCUT2D eigenvalue weighted by Crippen LogP contribution is -2.38. The molecule has 1 aliphatic heterocycles. The van der Waals surface area contributed by atoms with Crippen molar-refractivity contribution in [3.05, 3.63) is 34.9 Å². The molecule has 1 fully saturated rings.